The van der Waals surface area contributed by atoms with Gasteiger partial charge in [0.25, 0.3) is 0 Å². The summed E-state index contributed by atoms with van der Waals surface area (Å²) in [6.07, 6.45) is -2.52. The van der Waals surface area contributed by atoms with Gasteiger partial charge in [-0.05, 0) is 25.1 Å². The Kier molecular flexibility index (Phi) is 7.04. The lowest BCUT2D eigenvalue weighted by Crippen LogP contribution is -2.26. The molecule has 9 nitrogen and oxygen atoms in total. The number of aromatic carboxylic acids is 1. The number of anilines is 1. The quantitative estimate of drug-likeness (QED) is 0.304. The maximum Gasteiger partial charge on any atom is 0.434 e. The molecule has 1 unspecified atom stereocenters. The first-order valence-corrected chi connectivity index (χ1v) is 11.8. The number of rotatable bonds is 6. The Balaban J connectivity index is 2.01. The number of nitrogens with one attached hydrogen (secondary N) is 1. The highest BCUT2D eigenvalue weighted by Gasteiger charge is 2.34. The van der Waals surface area contributed by atoms with Crippen molar-refractivity contribution in [3.63, 3.8) is 0 Å². The van der Waals surface area contributed by atoms with E-state index in [1.165, 1.54) is 17.6 Å². The fourth-order valence-corrected chi connectivity index (χ4v) is 4.71. The smallest absolute Gasteiger partial charge is 0.434 e. The van der Waals surface area contributed by atoms with Crippen LogP contribution in [0.1, 0.15) is 29.9 Å². The zero-order valence-electron chi connectivity index (χ0n) is 19.8. The van der Waals surface area contributed by atoms with Crippen molar-refractivity contribution >= 4 is 39.9 Å². The van der Waals surface area contributed by atoms with Gasteiger partial charge < -0.3 is 20.7 Å². The van der Waals surface area contributed by atoms with E-state index in [1.54, 1.807) is 6.92 Å². The first-order chi connectivity index (χ1) is 17.8. The van der Waals surface area contributed by atoms with E-state index in [2.05, 4.69) is 15.3 Å². The van der Waals surface area contributed by atoms with Crippen LogP contribution in [0.15, 0.2) is 40.8 Å². The van der Waals surface area contributed by atoms with Gasteiger partial charge in [0.05, 0.1) is 5.52 Å². The van der Waals surface area contributed by atoms with Crippen LogP contribution in [0.3, 0.4) is 0 Å². The van der Waals surface area contributed by atoms with E-state index in [9.17, 15) is 32.7 Å². The maximum absolute atomic E-state index is 15.6. The molecule has 4 N–H and O–H groups in total. The molecule has 0 aliphatic heterocycles. The number of fused-ring (bicyclic) bond motifs is 1. The van der Waals surface area contributed by atoms with Gasteiger partial charge in [-0.25, -0.2) is 19.2 Å². The fraction of sp³-hybridized carbons (Fsp3) is 0.208. The molecule has 1 atom stereocenters. The van der Waals surface area contributed by atoms with Crippen molar-refractivity contribution in [2.45, 2.75) is 32.6 Å². The zero-order chi connectivity index (χ0) is 27.9. The van der Waals surface area contributed by atoms with E-state index in [0.717, 1.165) is 29.9 Å². The van der Waals surface area contributed by atoms with Crippen LogP contribution >= 0.6 is 11.3 Å². The summed E-state index contributed by atoms with van der Waals surface area (Å²) in [6.45, 7) is 2.93. The Morgan fingerprint density at radius 1 is 1.21 bits per heavy atom. The molecule has 38 heavy (non-hydrogen) atoms. The lowest BCUT2D eigenvalue weighted by molar-refractivity contribution is -0.140. The highest BCUT2D eigenvalue weighted by atomic mass is 32.1. The Morgan fingerprint density at radius 3 is 2.50 bits per heavy atom. The van der Waals surface area contributed by atoms with Crippen LogP contribution in [-0.4, -0.2) is 37.6 Å². The van der Waals surface area contributed by atoms with Crippen molar-refractivity contribution in [3.05, 3.63) is 63.3 Å². The Hall–Kier alpha value is -4.17. The summed E-state index contributed by atoms with van der Waals surface area (Å²) >= 11 is 0.643. The number of amides is 1. The first-order valence-electron chi connectivity index (χ1n) is 10.9. The molecule has 0 spiro atoms. The lowest BCUT2D eigenvalue weighted by Gasteiger charge is -2.16. The third kappa shape index (κ3) is 5.26. The van der Waals surface area contributed by atoms with E-state index in [4.69, 9.17) is 5.73 Å². The number of aromatic nitrogens is 3. The van der Waals surface area contributed by atoms with Crippen LogP contribution in [0.4, 0.5) is 23.4 Å². The number of benzene rings is 1. The minimum Gasteiger partial charge on any atom is -0.477 e. The average Bonchev–Trinajstić information content (AvgIpc) is 3.31. The van der Waals surface area contributed by atoms with Crippen LogP contribution in [0.5, 0.6) is 0 Å². The fourth-order valence-electron chi connectivity index (χ4n) is 3.85. The first kappa shape index (κ1) is 26.9. The Labute approximate surface area is 215 Å². The Bertz CT molecular complexity index is 1650. The normalized spacial score (nSPS) is 12.5. The highest BCUT2D eigenvalue weighted by molar-refractivity contribution is 7.13. The summed E-state index contributed by atoms with van der Waals surface area (Å²) < 4.78 is 56.6. The van der Waals surface area contributed by atoms with Gasteiger partial charge in [-0.1, -0.05) is 0 Å². The van der Waals surface area contributed by atoms with Crippen LogP contribution in [0, 0.1) is 5.82 Å². The number of carboxylic acids is 1. The molecule has 14 heteroatoms. The van der Waals surface area contributed by atoms with Crippen molar-refractivity contribution in [2.24, 2.45) is 5.73 Å². The van der Waals surface area contributed by atoms with E-state index >= 15 is 4.39 Å². The number of carboxylic acid groups (broad SMARTS) is 1. The number of nitrogens with zero attached hydrogens (tertiary/aromatic N) is 3. The minimum atomic E-state index is -4.73. The van der Waals surface area contributed by atoms with Crippen molar-refractivity contribution < 1.29 is 32.3 Å². The third-order valence-electron chi connectivity index (χ3n) is 5.41. The summed E-state index contributed by atoms with van der Waals surface area (Å²) in [7, 11) is 0. The molecule has 3 heterocycles. The molecule has 3 aromatic heterocycles. The molecule has 0 fully saturated rings. The predicted octanol–water partition coefficient (Wildman–Crippen LogP) is 4.35. The summed E-state index contributed by atoms with van der Waals surface area (Å²) in [5.41, 5.74) is 3.06. The molecular weight excluding hydrogens is 530 g/mol. The molecule has 0 aliphatic carbocycles. The number of alkyl halides is 3. The number of pyridine rings is 2. The number of nitrogens with two attached hydrogens (primary N) is 1. The molecule has 0 saturated heterocycles. The average molecular weight is 550 g/mol. The van der Waals surface area contributed by atoms with Gasteiger partial charge in [0.2, 0.25) is 11.3 Å². The van der Waals surface area contributed by atoms with Gasteiger partial charge in [-0.15, -0.1) is 11.3 Å². The summed E-state index contributed by atoms with van der Waals surface area (Å²) in [5, 5.41) is 12.4. The summed E-state index contributed by atoms with van der Waals surface area (Å²) in [5.74, 6) is -2.88. The van der Waals surface area contributed by atoms with Gasteiger partial charge in [0.15, 0.2) is 5.69 Å². The lowest BCUT2D eigenvalue weighted by atomic mass is 9.98. The van der Waals surface area contributed by atoms with Crippen molar-refractivity contribution in [1.29, 1.82) is 0 Å². The second-order valence-electron chi connectivity index (χ2n) is 8.49. The molecule has 1 amide bonds. The predicted molar refractivity (Wildman–Crippen MR) is 132 cm³/mol. The van der Waals surface area contributed by atoms with E-state index in [1.807, 2.05) is 0 Å². The number of hydrogen-bond donors (Lipinski definition) is 3. The summed E-state index contributed by atoms with van der Waals surface area (Å²) in [4.78, 5) is 43.9. The molecule has 0 saturated carbocycles. The number of thiazole rings is 1. The van der Waals surface area contributed by atoms with Crippen LogP contribution in [-0.2, 0) is 17.5 Å². The summed E-state index contributed by atoms with van der Waals surface area (Å²) in [6, 6.07) is 2.92. The van der Waals surface area contributed by atoms with Gasteiger partial charge in [-0.3, -0.25) is 9.59 Å². The zero-order valence-corrected chi connectivity index (χ0v) is 20.6. The molecule has 4 rings (SSSR count). The minimum absolute atomic E-state index is 0.00722. The molecular formula is C24H19F4N5O4S. The standard InChI is InChI=1S/C24H19F4N5O4S/c1-10(29)7-33-8-16(23(36)37)21(35)14-3-12(17(25)5-18(14)33)15-6-30-20(31-11(2)34)4-13(15)22-32-19(9-38-22)24(26,27)28/h3-6,8-10H,7,29H2,1-2H3,(H,36,37)(H,30,31,34). The van der Waals surface area contributed by atoms with E-state index in [-0.39, 0.29) is 45.0 Å². The van der Waals surface area contributed by atoms with Gasteiger partial charge in [0, 0.05) is 59.4 Å². The van der Waals surface area contributed by atoms with Gasteiger partial charge in [0.1, 0.15) is 22.2 Å². The topological polar surface area (TPSA) is 140 Å². The molecule has 0 bridgehead atoms. The number of halogens is 4. The van der Waals surface area contributed by atoms with Crippen LogP contribution in [0.25, 0.3) is 32.6 Å². The largest absolute Gasteiger partial charge is 0.477 e. The molecule has 0 radical (unpaired) electrons. The van der Waals surface area contributed by atoms with Crippen molar-refractivity contribution in [1.82, 2.24) is 14.5 Å². The molecule has 0 aliphatic rings. The van der Waals surface area contributed by atoms with Crippen molar-refractivity contribution in [3.8, 4) is 21.7 Å². The Morgan fingerprint density at radius 2 is 1.92 bits per heavy atom. The van der Waals surface area contributed by atoms with Crippen molar-refractivity contribution in [2.75, 3.05) is 5.32 Å². The number of carbonyl (C=O) groups excluding carboxylic acids is 1. The van der Waals surface area contributed by atoms with Crippen LogP contribution in [0.2, 0.25) is 0 Å². The SMILES string of the molecule is CC(=O)Nc1cc(-c2nc(C(F)(F)F)cs2)c(-c2cc3c(=O)c(C(=O)O)cn(CC(C)N)c3cc2F)cn1. The number of hydrogen-bond acceptors (Lipinski definition) is 7. The third-order valence-corrected chi connectivity index (χ3v) is 6.28. The van der Waals surface area contributed by atoms with E-state index < -0.39 is 46.6 Å². The molecule has 198 valence electrons. The maximum atomic E-state index is 15.6. The van der Waals surface area contributed by atoms with Gasteiger partial charge in [-0.2, -0.15) is 13.2 Å². The highest BCUT2D eigenvalue weighted by Crippen LogP contribution is 2.39. The van der Waals surface area contributed by atoms with Crippen LogP contribution < -0.4 is 16.5 Å². The second-order valence-corrected chi connectivity index (χ2v) is 9.35. The van der Waals surface area contributed by atoms with E-state index in [0.29, 0.717) is 11.3 Å². The van der Waals surface area contributed by atoms with Gasteiger partial charge >= 0.3 is 12.1 Å². The molecule has 1 aromatic carbocycles. The number of carbonyl (C=O) groups is 2. The second kappa shape index (κ2) is 9.95. The molecule has 4 aromatic rings. The monoisotopic (exact) mass is 549 g/mol.